The minimum Gasteiger partial charge on any atom is -0.497 e. The highest BCUT2D eigenvalue weighted by atomic mass is 28.4. The van der Waals surface area contributed by atoms with E-state index in [1.165, 1.54) is 0 Å². The first-order chi connectivity index (χ1) is 18.2. The molecule has 2 aromatic carbocycles. The van der Waals surface area contributed by atoms with Crippen molar-refractivity contribution in [2.45, 2.75) is 96.9 Å². The number of para-hydroxylation sites is 1. The molecular weight excluding hydrogens is 506 g/mol. The average Bonchev–Trinajstić information content (AvgIpc) is 2.86. The van der Waals surface area contributed by atoms with E-state index in [0.717, 1.165) is 17.0 Å². The molecule has 2 rings (SSSR count). The molecule has 0 aliphatic carbocycles. The van der Waals surface area contributed by atoms with Gasteiger partial charge in [0.25, 0.3) is 0 Å². The Balaban J connectivity index is 2.14. The van der Waals surface area contributed by atoms with E-state index >= 15 is 0 Å². The molecule has 3 atom stereocenters. The van der Waals surface area contributed by atoms with E-state index in [0.29, 0.717) is 19.4 Å². The zero-order chi connectivity index (χ0) is 29.3. The molecule has 0 saturated heterocycles. The number of rotatable bonds is 15. The van der Waals surface area contributed by atoms with Gasteiger partial charge in [-0.1, -0.05) is 71.0 Å². The summed E-state index contributed by atoms with van der Waals surface area (Å²) in [7, 11) is -0.551. The van der Waals surface area contributed by atoms with Crippen molar-refractivity contribution in [1.29, 1.82) is 0 Å². The van der Waals surface area contributed by atoms with Crippen molar-refractivity contribution in [1.82, 2.24) is 0 Å². The van der Waals surface area contributed by atoms with Crippen molar-refractivity contribution in [3.63, 3.8) is 0 Å². The standard InChI is InChI=1S/C32H49NO5Si/c1-10-32(5,6)29(37-23-24-16-18-27(36-7)19-17-24)21-26(34)20-28(38-39(8,9)31(2,3)4)22-30(35)33-25-14-12-11-13-15-25/h10-19,26,28-29,34H,1,20-23H2,2-9H3,(H,33,35)/t26-,28-,29+/m1/s1. The van der Waals surface area contributed by atoms with Gasteiger partial charge in [0.2, 0.25) is 5.91 Å². The van der Waals surface area contributed by atoms with E-state index in [2.05, 4.69) is 59.6 Å². The lowest BCUT2D eigenvalue weighted by atomic mass is 9.83. The molecule has 0 bridgehead atoms. The number of benzene rings is 2. The zero-order valence-electron chi connectivity index (χ0n) is 25.1. The minimum absolute atomic E-state index is 0.0268. The molecule has 0 spiro atoms. The highest BCUT2D eigenvalue weighted by Crippen LogP contribution is 2.38. The lowest BCUT2D eigenvalue weighted by molar-refractivity contribution is -0.118. The molecule has 0 unspecified atom stereocenters. The van der Waals surface area contributed by atoms with Gasteiger partial charge in [-0.15, -0.1) is 6.58 Å². The lowest BCUT2D eigenvalue weighted by Gasteiger charge is -2.40. The maximum absolute atomic E-state index is 13.0. The van der Waals surface area contributed by atoms with E-state index in [9.17, 15) is 9.90 Å². The van der Waals surface area contributed by atoms with Crippen LogP contribution in [-0.2, 0) is 20.6 Å². The molecule has 2 aromatic rings. The van der Waals surface area contributed by atoms with Gasteiger partial charge in [-0.3, -0.25) is 4.79 Å². The van der Waals surface area contributed by atoms with Gasteiger partial charge in [0.1, 0.15) is 5.75 Å². The van der Waals surface area contributed by atoms with Crippen LogP contribution in [0.3, 0.4) is 0 Å². The molecule has 0 fully saturated rings. The summed E-state index contributed by atoms with van der Waals surface area (Å²) in [6, 6.07) is 17.2. The Morgan fingerprint density at radius 3 is 2.18 bits per heavy atom. The van der Waals surface area contributed by atoms with Crippen LogP contribution in [0.25, 0.3) is 0 Å². The Bertz CT molecular complexity index is 1030. The smallest absolute Gasteiger partial charge is 0.226 e. The van der Waals surface area contributed by atoms with Gasteiger partial charge in [-0.25, -0.2) is 0 Å². The summed E-state index contributed by atoms with van der Waals surface area (Å²) in [6.07, 6.45) is 1.36. The third-order valence-electron chi connectivity index (χ3n) is 7.73. The first-order valence-corrected chi connectivity index (χ1v) is 16.7. The van der Waals surface area contributed by atoms with Crippen molar-refractivity contribution in [2.75, 3.05) is 12.4 Å². The molecule has 216 valence electrons. The van der Waals surface area contributed by atoms with Crippen molar-refractivity contribution in [3.05, 3.63) is 72.8 Å². The van der Waals surface area contributed by atoms with Crippen LogP contribution in [0.5, 0.6) is 5.75 Å². The van der Waals surface area contributed by atoms with Crippen molar-refractivity contribution >= 4 is 19.9 Å². The molecule has 0 aromatic heterocycles. The van der Waals surface area contributed by atoms with E-state index < -0.39 is 20.5 Å². The van der Waals surface area contributed by atoms with Crippen molar-refractivity contribution < 1.29 is 23.8 Å². The van der Waals surface area contributed by atoms with E-state index in [-0.39, 0.29) is 28.9 Å². The number of methoxy groups -OCH3 is 1. The highest BCUT2D eigenvalue weighted by Gasteiger charge is 2.40. The van der Waals surface area contributed by atoms with Crippen molar-refractivity contribution in [3.8, 4) is 5.75 Å². The zero-order valence-corrected chi connectivity index (χ0v) is 26.1. The maximum atomic E-state index is 13.0. The Morgan fingerprint density at radius 2 is 1.64 bits per heavy atom. The highest BCUT2D eigenvalue weighted by molar-refractivity contribution is 6.74. The third kappa shape index (κ3) is 10.6. The summed E-state index contributed by atoms with van der Waals surface area (Å²) < 4.78 is 18.3. The van der Waals surface area contributed by atoms with Gasteiger partial charge in [0, 0.05) is 17.5 Å². The number of carbonyl (C=O) groups is 1. The molecule has 7 heteroatoms. The molecule has 0 radical (unpaired) electrons. The number of hydrogen-bond donors (Lipinski definition) is 2. The van der Waals surface area contributed by atoms with Crippen LogP contribution in [0.1, 0.15) is 59.4 Å². The Labute approximate surface area is 236 Å². The van der Waals surface area contributed by atoms with Crippen molar-refractivity contribution in [2.24, 2.45) is 5.41 Å². The molecule has 2 N–H and O–H groups in total. The third-order valence-corrected chi connectivity index (χ3v) is 12.3. The normalized spacial score (nSPS) is 14.8. The monoisotopic (exact) mass is 555 g/mol. The predicted octanol–water partition coefficient (Wildman–Crippen LogP) is 7.35. The number of hydrogen-bond acceptors (Lipinski definition) is 5. The molecule has 6 nitrogen and oxygen atoms in total. The van der Waals surface area contributed by atoms with Crippen LogP contribution >= 0.6 is 0 Å². The number of nitrogens with one attached hydrogen (secondary N) is 1. The SMILES string of the molecule is C=CC(C)(C)[C@H](C[C@H](O)C[C@H](CC(=O)Nc1ccccc1)O[Si](C)(C)C(C)(C)C)OCc1ccc(OC)cc1. The number of anilines is 1. The molecular formula is C32H49NO5Si. The lowest BCUT2D eigenvalue weighted by Crippen LogP contribution is -2.45. The summed E-state index contributed by atoms with van der Waals surface area (Å²) in [4.78, 5) is 13.0. The van der Waals surface area contributed by atoms with Gasteiger partial charge in [-0.05, 0) is 54.4 Å². The van der Waals surface area contributed by atoms with Crippen LogP contribution in [0.2, 0.25) is 18.1 Å². The van der Waals surface area contributed by atoms with Gasteiger partial charge in [-0.2, -0.15) is 0 Å². The van der Waals surface area contributed by atoms with Crippen LogP contribution in [0.15, 0.2) is 67.3 Å². The second-order valence-corrected chi connectivity index (χ2v) is 17.2. The Kier molecular flexibility index (Phi) is 12.0. The Hall–Kier alpha value is -2.45. The van der Waals surface area contributed by atoms with E-state index in [1.54, 1.807) is 7.11 Å². The van der Waals surface area contributed by atoms with Crippen LogP contribution < -0.4 is 10.1 Å². The van der Waals surface area contributed by atoms with Crippen LogP contribution in [-0.4, -0.2) is 44.8 Å². The maximum Gasteiger partial charge on any atom is 0.226 e. The fourth-order valence-corrected chi connectivity index (χ4v) is 5.36. The number of carbonyl (C=O) groups excluding carboxylic acids is 1. The molecule has 0 aliphatic heterocycles. The molecule has 0 aliphatic rings. The summed E-state index contributed by atoms with van der Waals surface area (Å²) >= 11 is 0. The fourth-order valence-electron chi connectivity index (χ4n) is 3.99. The molecule has 1 amide bonds. The number of ether oxygens (including phenoxy) is 2. The largest absolute Gasteiger partial charge is 0.497 e. The number of amides is 1. The second kappa shape index (κ2) is 14.3. The summed E-state index contributed by atoms with van der Waals surface area (Å²) in [5, 5.41) is 14.2. The van der Waals surface area contributed by atoms with E-state index in [4.69, 9.17) is 13.9 Å². The molecule has 0 saturated carbocycles. The number of aliphatic hydroxyl groups is 1. The first kappa shape index (κ1) is 32.8. The second-order valence-electron chi connectivity index (χ2n) is 12.4. The fraction of sp³-hybridized carbons (Fsp3) is 0.531. The summed E-state index contributed by atoms with van der Waals surface area (Å²) in [5.41, 5.74) is 1.40. The van der Waals surface area contributed by atoms with Crippen LogP contribution in [0, 0.1) is 5.41 Å². The van der Waals surface area contributed by atoms with E-state index in [1.807, 2.05) is 60.7 Å². The average molecular weight is 556 g/mol. The quantitative estimate of drug-likeness (QED) is 0.177. The van der Waals surface area contributed by atoms with Gasteiger partial charge < -0.3 is 24.3 Å². The molecule has 0 heterocycles. The molecule has 39 heavy (non-hydrogen) atoms. The minimum atomic E-state index is -2.19. The Morgan fingerprint density at radius 1 is 1.03 bits per heavy atom. The predicted molar refractivity (Wildman–Crippen MR) is 163 cm³/mol. The topological polar surface area (TPSA) is 77.0 Å². The van der Waals surface area contributed by atoms with Gasteiger partial charge >= 0.3 is 0 Å². The van der Waals surface area contributed by atoms with Gasteiger partial charge in [0.05, 0.1) is 38.4 Å². The van der Waals surface area contributed by atoms with Crippen LogP contribution in [0.4, 0.5) is 5.69 Å². The number of aliphatic hydroxyl groups excluding tert-OH is 1. The van der Waals surface area contributed by atoms with Gasteiger partial charge in [0.15, 0.2) is 8.32 Å². The summed E-state index contributed by atoms with van der Waals surface area (Å²) in [6.45, 7) is 19.4. The summed E-state index contributed by atoms with van der Waals surface area (Å²) in [5.74, 6) is 0.664. The first-order valence-electron chi connectivity index (χ1n) is 13.8.